The minimum Gasteiger partial charge on any atom is -0.508 e. The SMILES string of the molecule is [2H]C(CN(C)C)(c1ccc(O)cc1)C1(O)C([2H])([2H])C([2H])([2H])C([2H])([2H])C([2H])([2H])C1([2H])[2H]. The Labute approximate surface area is 131 Å². The van der Waals surface area contributed by atoms with Crippen molar-refractivity contribution in [3.05, 3.63) is 29.8 Å². The second kappa shape index (κ2) is 5.93. The summed E-state index contributed by atoms with van der Waals surface area (Å²) >= 11 is 0. The lowest BCUT2D eigenvalue weighted by molar-refractivity contribution is -0.0277. The van der Waals surface area contributed by atoms with Gasteiger partial charge in [0, 0.05) is 27.5 Å². The molecule has 0 saturated heterocycles. The minimum atomic E-state index is -3.76. The molecule has 19 heavy (non-hydrogen) atoms. The van der Waals surface area contributed by atoms with Crippen molar-refractivity contribution in [2.24, 2.45) is 0 Å². The first-order chi connectivity index (χ1) is 13.2. The molecule has 1 aromatic carbocycles. The van der Waals surface area contributed by atoms with Crippen molar-refractivity contribution in [2.45, 2.75) is 43.4 Å². The molecule has 0 amide bonds. The fourth-order valence-corrected chi connectivity index (χ4v) is 1.85. The lowest BCUT2D eigenvalue weighted by Crippen LogP contribution is -2.42. The molecule has 1 atom stereocenters. The van der Waals surface area contributed by atoms with Crippen LogP contribution in [0.5, 0.6) is 5.75 Å². The van der Waals surface area contributed by atoms with Crippen LogP contribution < -0.4 is 0 Å². The number of hydrogen-bond acceptors (Lipinski definition) is 3. The molecule has 1 aliphatic rings. The lowest BCUT2D eigenvalue weighted by Gasteiger charge is -2.40. The zero-order chi connectivity index (χ0) is 23.8. The van der Waals surface area contributed by atoms with Crippen molar-refractivity contribution in [1.29, 1.82) is 0 Å². The van der Waals surface area contributed by atoms with Crippen LogP contribution in [0.15, 0.2) is 24.3 Å². The van der Waals surface area contributed by atoms with Gasteiger partial charge in [-0.15, -0.1) is 0 Å². The second-order valence-electron chi connectivity index (χ2n) is 4.60. The highest BCUT2D eigenvalue weighted by Crippen LogP contribution is 2.40. The third-order valence-electron chi connectivity index (χ3n) is 2.74. The van der Waals surface area contributed by atoms with Crippen molar-refractivity contribution >= 4 is 0 Å². The second-order valence-corrected chi connectivity index (χ2v) is 4.60. The Morgan fingerprint density at radius 2 is 1.84 bits per heavy atom. The van der Waals surface area contributed by atoms with E-state index < -0.39 is 49.9 Å². The number of nitrogens with zero attached hydrogens (tertiary/aromatic N) is 1. The number of hydrogen-bond donors (Lipinski definition) is 2. The van der Waals surface area contributed by atoms with Gasteiger partial charge in [-0.1, -0.05) is 31.3 Å². The van der Waals surface area contributed by atoms with Crippen LogP contribution in [-0.2, 0) is 0 Å². The third-order valence-corrected chi connectivity index (χ3v) is 2.74. The van der Waals surface area contributed by atoms with Gasteiger partial charge in [-0.05, 0) is 44.5 Å². The Morgan fingerprint density at radius 3 is 2.37 bits per heavy atom. The normalized spacial score (nSPS) is 43.9. The summed E-state index contributed by atoms with van der Waals surface area (Å²) in [4.78, 5) is 1.32. The maximum Gasteiger partial charge on any atom is 0.115 e. The van der Waals surface area contributed by atoms with Gasteiger partial charge in [0.15, 0.2) is 0 Å². The molecule has 1 unspecified atom stereocenters. The molecule has 3 heteroatoms. The molecule has 1 aliphatic carbocycles. The van der Waals surface area contributed by atoms with E-state index in [2.05, 4.69) is 0 Å². The van der Waals surface area contributed by atoms with Gasteiger partial charge in [-0.25, -0.2) is 0 Å². The van der Waals surface area contributed by atoms with E-state index in [0.717, 1.165) is 24.3 Å². The molecule has 0 aliphatic heterocycles. The monoisotopic (exact) mass is 274 g/mol. The average Bonchev–Trinajstić information content (AvgIpc) is 2.58. The highest BCUT2D eigenvalue weighted by Gasteiger charge is 2.38. The Hall–Kier alpha value is -1.06. The summed E-state index contributed by atoms with van der Waals surface area (Å²) in [6, 6.07) is 4.50. The number of rotatable bonds is 4. The zero-order valence-electron chi connectivity index (χ0n) is 21.9. The van der Waals surface area contributed by atoms with E-state index in [4.69, 9.17) is 15.1 Å². The van der Waals surface area contributed by atoms with Crippen LogP contribution in [0.25, 0.3) is 0 Å². The van der Waals surface area contributed by atoms with Gasteiger partial charge in [0.05, 0.1) is 5.60 Å². The van der Waals surface area contributed by atoms with Gasteiger partial charge in [0.2, 0.25) is 0 Å². The minimum absolute atomic E-state index is 0.210. The Balaban J connectivity index is 3.01. The molecule has 2 N–H and O–H groups in total. The number of likely N-dealkylation sites (N-methyl/N-ethyl adjacent to an activating group) is 1. The predicted octanol–water partition coefficient (Wildman–Crippen LogP) is 2.73. The smallest absolute Gasteiger partial charge is 0.115 e. The number of phenolic OH excluding ortho intramolecular Hbond substituents is 1. The summed E-state index contributed by atoms with van der Waals surface area (Å²) in [5.41, 5.74) is -3.91. The summed E-state index contributed by atoms with van der Waals surface area (Å²) < 4.78 is 90.7. The van der Waals surface area contributed by atoms with E-state index in [1.807, 2.05) is 0 Å². The van der Waals surface area contributed by atoms with Crippen molar-refractivity contribution < 1.29 is 25.3 Å². The Bertz CT molecular complexity index is 780. The van der Waals surface area contributed by atoms with E-state index in [1.165, 1.54) is 19.0 Å². The van der Waals surface area contributed by atoms with Gasteiger partial charge < -0.3 is 15.1 Å². The van der Waals surface area contributed by atoms with Crippen molar-refractivity contribution in [3.8, 4) is 5.75 Å². The standard InChI is InChI=1S/C16H25NO2/c1-17(2)12-15(13-6-8-14(18)9-7-13)16(19)10-4-3-5-11-16/h6-9,15,18-19H,3-5,10-12H2,1-2H3/i3D2,4D2,5D2,10D2,11D2,15D. The van der Waals surface area contributed by atoms with E-state index in [0.29, 0.717) is 0 Å². The van der Waals surface area contributed by atoms with Crippen molar-refractivity contribution in [3.63, 3.8) is 0 Å². The molecular weight excluding hydrogens is 238 g/mol. The number of benzene rings is 1. The maximum atomic E-state index is 11.6. The maximum absolute atomic E-state index is 11.6. The summed E-state index contributed by atoms with van der Waals surface area (Å²) in [5, 5.41) is 21.2. The van der Waals surface area contributed by atoms with E-state index in [9.17, 15) is 10.2 Å². The molecule has 1 saturated carbocycles. The van der Waals surface area contributed by atoms with Gasteiger partial charge >= 0.3 is 0 Å². The first kappa shape index (κ1) is 5.74. The van der Waals surface area contributed by atoms with Crippen LogP contribution in [0.3, 0.4) is 0 Å². The molecule has 0 heterocycles. The fourth-order valence-electron chi connectivity index (χ4n) is 1.85. The van der Waals surface area contributed by atoms with Crippen LogP contribution in [0.2, 0.25) is 0 Å². The molecular formula is C16H25NO2. The van der Waals surface area contributed by atoms with Crippen LogP contribution >= 0.6 is 0 Å². The molecule has 0 aromatic heterocycles. The summed E-state index contributed by atoms with van der Waals surface area (Å²) in [6.07, 6.45) is -18.6. The van der Waals surface area contributed by atoms with Gasteiger partial charge in [0.25, 0.3) is 0 Å². The van der Waals surface area contributed by atoms with Crippen LogP contribution in [0.4, 0.5) is 0 Å². The molecule has 0 spiro atoms. The Morgan fingerprint density at radius 1 is 1.26 bits per heavy atom. The zero-order valence-corrected chi connectivity index (χ0v) is 10.9. The van der Waals surface area contributed by atoms with E-state index in [1.54, 1.807) is 0 Å². The highest BCUT2D eigenvalue weighted by atomic mass is 16.3. The summed E-state index contributed by atoms with van der Waals surface area (Å²) in [7, 11) is 2.90. The largest absolute Gasteiger partial charge is 0.508 e. The van der Waals surface area contributed by atoms with Gasteiger partial charge in [-0.3, -0.25) is 0 Å². The molecule has 0 radical (unpaired) electrons. The molecule has 1 fully saturated rings. The number of aromatic hydroxyl groups is 1. The Kier molecular flexibility index (Phi) is 1.79. The number of phenols is 1. The van der Waals surface area contributed by atoms with Gasteiger partial charge in [-0.2, -0.15) is 0 Å². The van der Waals surface area contributed by atoms with E-state index in [-0.39, 0.29) is 11.3 Å². The fraction of sp³-hybridized carbons (Fsp3) is 0.625. The number of aliphatic hydroxyl groups is 1. The lowest BCUT2D eigenvalue weighted by atomic mass is 9.72. The van der Waals surface area contributed by atoms with E-state index >= 15 is 0 Å². The van der Waals surface area contributed by atoms with Crippen LogP contribution in [0, 0.1) is 0 Å². The highest BCUT2D eigenvalue weighted by molar-refractivity contribution is 5.30. The molecule has 3 nitrogen and oxygen atoms in total. The molecule has 1 aromatic rings. The summed E-state index contributed by atoms with van der Waals surface area (Å²) in [6.45, 7) is -0.567. The molecule has 0 bridgehead atoms. The quantitative estimate of drug-likeness (QED) is 0.887. The van der Waals surface area contributed by atoms with Crippen LogP contribution in [0.1, 0.15) is 58.4 Å². The predicted molar refractivity (Wildman–Crippen MR) is 77.4 cm³/mol. The van der Waals surface area contributed by atoms with Crippen LogP contribution in [-0.4, -0.2) is 41.4 Å². The average molecular weight is 274 g/mol. The first-order valence-corrected chi connectivity index (χ1v) is 5.83. The topological polar surface area (TPSA) is 43.7 Å². The van der Waals surface area contributed by atoms with Gasteiger partial charge in [0.1, 0.15) is 5.75 Å². The first-order valence-electron chi connectivity index (χ1n) is 11.3. The molecule has 2 rings (SSSR count). The third kappa shape index (κ3) is 3.48. The van der Waals surface area contributed by atoms with Crippen molar-refractivity contribution in [1.82, 2.24) is 4.90 Å². The summed E-state index contributed by atoms with van der Waals surface area (Å²) in [5.74, 6) is -2.94. The molecule has 106 valence electrons. The van der Waals surface area contributed by atoms with Crippen molar-refractivity contribution in [2.75, 3.05) is 20.6 Å².